The molecule has 0 aromatic heterocycles. The van der Waals surface area contributed by atoms with Crippen LogP contribution in [0.4, 0.5) is 10.1 Å². The Morgan fingerprint density at radius 2 is 1.90 bits per heavy atom. The van der Waals surface area contributed by atoms with E-state index in [1.165, 1.54) is 16.4 Å². The number of fused-ring (bicyclic) bond motifs is 1. The molecular weight excluding hydrogens is 391 g/mol. The molecule has 8 heteroatoms. The van der Waals surface area contributed by atoms with Crippen molar-refractivity contribution in [2.24, 2.45) is 4.99 Å². The lowest BCUT2D eigenvalue weighted by Crippen LogP contribution is -2.39. The van der Waals surface area contributed by atoms with Gasteiger partial charge in [0.25, 0.3) is 0 Å². The molecule has 1 heterocycles. The van der Waals surface area contributed by atoms with E-state index in [-0.39, 0.29) is 18.1 Å². The predicted octanol–water partition coefficient (Wildman–Crippen LogP) is 2.32. The van der Waals surface area contributed by atoms with Crippen LogP contribution >= 0.6 is 0 Å². The molecule has 1 aliphatic heterocycles. The van der Waals surface area contributed by atoms with Crippen LogP contribution < -0.4 is 14.9 Å². The van der Waals surface area contributed by atoms with Gasteiger partial charge in [0.1, 0.15) is 5.82 Å². The van der Waals surface area contributed by atoms with Crippen molar-refractivity contribution < 1.29 is 12.8 Å². The van der Waals surface area contributed by atoms with E-state index in [0.29, 0.717) is 32.0 Å². The van der Waals surface area contributed by atoms with Gasteiger partial charge in [-0.3, -0.25) is 9.30 Å². The lowest BCUT2D eigenvalue weighted by atomic mass is 10.1. The Labute approximate surface area is 171 Å². The minimum absolute atomic E-state index is 0.0458. The first-order valence-electron chi connectivity index (χ1n) is 9.84. The number of nitrogens with one attached hydrogen (secondary N) is 2. The zero-order chi connectivity index (χ0) is 20.7. The Kier molecular flexibility index (Phi) is 7.09. The van der Waals surface area contributed by atoms with Gasteiger partial charge >= 0.3 is 0 Å². The van der Waals surface area contributed by atoms with Crippen LogP contribution in [0.25, 0.3) is 0 Å². The number of nitrogens with zero attached hydrogens (tertiary/aromatic N) is 2. The highest BCUT2D eigenvalue weighted by atomic mass is 32.2. The quantitative estimate of drug-likeness (QED) is 0.510. The summed E-state index contributed by atoms with van der Waals surface area (Å²) in [5.41, 5.74) is 2.86. The Morgan fingerprint density at radius 1 is 1.14 bits per heavy atom. The number of para-hydroxylation sites is 1. The van der Waals surface area contributed by atoms with Gasteiger partial charge in [-0.15, -0.1) is 0 Å². The van der Waals surface area contributed by atoms with Crippen molar-refractivity contribution in [3.8, 4) is 0 Å². The molecule has 156 valence electrons. The van der Waals surface area contributed by atoms with Crippen molar-refractivity contribution >= 4 is 21.7 Å². The molecule has 0 fully saturated rings. The summed E-state index contributed by atoms with van der Waals surface area (Å²) in [6.07, 6.45) is 1.46. The first-order chi connectivity index (χ1) is 14.0. The Balaban J connectivity index is 1.54. The minimum atomic E-state index is -3.42. The number of rotatable bonds is 8. The third kappa shape index (κ3) is 5.69. The second-order valence-electron chi connectivity index (χ2n) is 6.83. The molecule has 3 rings (SSSR count). The number of halogens is 1. The summed E-state index contributed by atoms with van der Waals surface area (Å²) in [4.78, 5) is 4.40. The average Bonchev–Trinajstić information content (AvgIpc) is 3.14. The summed E-state index contributed by atoms with van der Waals surface area (Å²) < 4.78 is 40.0. The Bertz CT molecular complexity index is 945. The molecule has 0 saturated carbocycles. The molecule has 0 aliphatic carbocycles. The van der Waals surface area contributed by atoms with Crippen LogP contribution in [-0.4, -0.2) is 46.3 Å². The Hall–Kier alpha value is -2.61. The zero-order valence-electron chi connectivity index (χ0n) is 16.6. The van der Waals surface area contributed by atoms with Gasteiger partial charge in [-0.25, -0.2) is 12.8 Å². The SMILES string of the molecule is CCNC(=NCCS(=O)(=O)N1CCc2ccccc21)NCCc1ccc(F)cc1. The molecule has 0 radical (unpaired) electrons. The molecule has 0 atom stereocenters. The van der Waals surface area contributed by atoms with Crippen LogP contribution in [0.3, 0.4) is 0 Å². The molecule has 1 aliphatic rings. The topological polar surface area (TPSA) is 73.8 Å². The Morgan fingerprint density at radius 3 is 2.66 bits per heavy atom. The number of hydrogen-bond donors (Lipinski definition) is 2. The van der Waals surface area contributed by atoms with E-state index in [0.717, 1.165) is 23.2 Å². The fraction of sp³-hybridized carbons (Fsp3) is 0.381. The van der Waals surface area contributed by atoms with Crippen LogP contribution in [-0.2, 0) is 22.9 Å². The van der Waals surface area contributed by atoms with Crippen LogP contribution in [0.15, 0.2) is 53.5 Å². The summed E-state index contributed by atoms with van der Waals surface area (Å²) in [5.74, 6) is 0.278. The summed E-state index contributed by atoms with van der Waals surface area (Å²) in [5, 5.41) is 6.31. The summed E-state index contributed by atoms with van der Waals surface area (Å²) >= 11 is 0. The normalized spacial score (nSPS) is 14.0. The second-order valence-corrected chi connectivity index (χ2v) is 8.84. The van der Waals surface area contributed by atoms with Crippen molar-refractivity contribution in [3.05, 3.63) is 65.5 Å². The van der Waals surface area contributed by atoms with E-state index in [2.05, 4.69) is 15.6 Å². The van der Waals surface area contributed by atoms with Crippen LogP contribution in [0.2, 0.25) is 0 Å². The predicted molar refractivity (Wildman–Crippen MR) is 115 cm³/mol. The van der Waals surface area contributed by atoms with E-state index >= 15 is 0 Å². The minimum Gasteiger partial charge on any atom is -0.357 e. The molecule has 0 amide bonds. The first kappa shape index (κ1) is 21.1. The number of guanidine groups is 1. The van der Waals surface area contributed by atoms with Gasteiger partial charge in [-0.05, 0) is 49.1 Å². The highest BCUT2D eigenvalue weighted by Crippen LogP contribution is 2.29. The smallest absolute Gasteiger partial charge is 0.237 e. The van der Waals surface area contributed by atoms with E-state index in [1.807, 2.05) is 31.2 Å². The lowest BCUT2D eigenvalue weighted by Gasteiger charge is -2.19. The maximum Gasteiger partial charge on any atom is 0.237 e. The summed E-state index contributed by atoms with van der Waals surface area (Å²) in [6, 6.07) is 14.0. The largest absolute Gasteiger partial charge is 0.357 e. The summed E-state index contributed by atoms with van der Waals surface area (Å²) in [6.45, 7) is 3.90. The number of benzene rings is 2. The maximum atomic E-state index is 13.0. The zero-order valence-corrected chi connectivity index (χ0v) is 17.4. The molecule has 2 N–H and O–H groups in total. The van der Waals surface area contributed by atoms with Crippen LogP contribution in [0, 0.1) is 5.82 Å². The second kappa shape index (κ2) is 9.73. The van der Waals surface area contributed by atoms with Crippen molar-refractivity contribution in [1.29, 1.82) is 0 Å². The molecule has 0 saturated heterocycles. The van der Waals surface area contributed by atoms with Crippen molar-refractivity contribution in [2.45, 2.75) is 19.8 Å². The molecule has 2 aromatic rings. The van der Waals surface area contributed by atoms with E-state index in [9.17, 15) is 12.8 Å². The van der Waals surface area contributed by atoms with Gasteiger partial charge in [-0.1, -0.05) is 30.3 Å². The third-order valence-corrected chi connectivity index (χ3v) is 6.51. The molecule has 0 bridgehead atoms. The number of anilines is 1. The standard InChI is InChI=1S/C21H27FN4O2S/c1-2-23-21(24-13-11-17-7-9-19(22)10-8-17)25-14-16-29(27,28)26-15-12-18-5-3-4-6-20(18)26/h3-10H,2,11-16H2,1H3,(H2,23,24,25). The van der Waals surface area contributed by atoms with Crippen molar-refractivity contribution in [2.75, 3.05) is 36.2 Å². The fourth-order valence-electron chi connectivity index (χ4n) is 3.30. The molecular formula is C21H27FN4O2S. The summed E-state index contributed by atoms with van der Waals surface area (Å²) in [7, 11) is -3.42. The monoisotopic (exact) mass is 418 g/mol. The lowest BCUT2D eigenvalue weighted by molar-refractivity contribution is 0.592. The van der Waals surface area contributed by atoms with Gasteiger partial charge in [0.2, 0.25) is 10.0 Å². The van der Waals surface area contributed by atoms with Gasteiger partial charge in [0.05, 0.1) is 18.0 Å². The number of hydrogen-bond acceptors (Lipinski definition) is 3. The van der Waals surface area contributed by atoms with Gasteiger partial charge in [0, 0.05) is 19.6 Å². The molecule has 2 aromatic carbocycles. The van der Waals surface area contributed by atoms with E-state index in [4.69, 9.17) is 0 Å². The molecule has 0 unspecified atom stereocenters. The maximum absolute atomic E-state index is 13.0. The average molecular weight is 419 g/mol. The van der Waals surface area contributed by atoms with Gasteiger partial charge < -0.3 is 10.6 Å². The van der Waals surface area contributed by atoms with Crippen molar-refractivity contribution in [1.82, 2.24) is 10.6 Å². The molecule has 29 heavy (non-hydrogen) atoms. The highest BCUT2D eigenvalue weighted by molar-refractivity contribution is 7.92. The number of sulfonamides is 1. The van der Waals surface area contributed by atoms with Crippen molar-refractivity contribution in [3.63, 3.8) is 0 Å². The van der Waals surface area contributed by atoms with Gasteiger partial charge in [-0.2, -0.15) is 0 Å². The fourth-order valence-corrected chi connectivity index (χ4v) is 4.69. The molecule has 0 spiro atoms. The molecule has 6 nitrogen and oxygen atoms in total. The van der Waals surface area contributed by atoms with Crippen LogP contribution in [0.1, 0.15) is 18.1 Å². The van der Waals surface area contributed by atoms with E-state index < -0.39 is 10.0 Å². The third-order valence-electron chi connectivity index (χ3n) is 4.76. The number of aliphatic imine (C=N–C) groups is 1. The highest BCUT2D eigenvalue weighted by Gasteiger charge is 2.28. The first-order valence-corrected chi connectivity index (χ1v) is 11.5. The van der Waals surface area contributed by atoms with Gasteiger partial charge in [0.15, 0.2) is 5.96 Å². The van der Waals surface area contributed by atoms with E-state index in [1.54, 1.807) is 12.1 Å². The van der Waals surface area contributed by atoms with Crippen LogP contribution in [0.5, 0.6) is 0 Å².